The van der Waals surface area contributed by atoms with Crippen molar-refractivity contribution in [2.24, 2.45) is 11.6 Å². The van der Waals surface area contributed by atoms with Crippen LogP contribution in [0.5, 0.6) is 0 Å². The molecular formula is C22H45NO9. The van der Waals surface area contributed by atoms with Crippen LogP contribution in [0.4, 0.5) is 0 Å². The molecule has 0 spiro atoms. The van der Waals surface area contributed by atoms with Gasteiger partial charge >= 0.3 is 0 Å². The van der Waals surface area contributed by atoms with Crippen molar-refractivity contribution in [1.29, 1.82) is 0 Å². The zero-order valence-corrected chi connectivity index (χ0v) is 20.0. The molecule has 0 atom stereocenters. The van der Waals surface area contributed by atoms with Gasteiger partial charge in [0.25, 0.3) is 0 Å². The van der Waals surface area contributed by atoms with Gasteiger partial charge in [0, 0.05) is 18.9 Å². The van der Waals surface area contributed by atoms with E-state index >= 15 is 0 Å². The molecule has 10 nitrogen and oxygen atoms in total. The molecule has 0 saturated heterocycles. The topological polar surface area (TPSA) is 117 Å². The smallest absolute Gasteiger partial charge is 0.137 e. The summed E-state index contributed by atoms with van der Waals surface area (Å²) >= 11 is 0. The Labute approximate surface area is 194 Å². The van der Waals surface area contributed by atoms with Crippen molar-refractivity contribution in [3.05, 3.63) is 0 Å². The van der Waals surface area contributed by atoms with E-state index in [1.165, 1.54) is 0 Å². The molecular weight excluding hydrogens is 422 g/mol. The van der Waals surface area contributed by atoms with Crippen LogP contribution in [0.2, 0.25) is 1.41 Å². The quantitative estimate of drug-likeness (QED) is 0.164. The maximum atomic E-state index is 11.4. The van der Waals surface area contributed by atoms with Crippen LogP contribution in [0.1, 0.15) is 20.3 Å². The second-order valence-corrected chi connectivity index (χ2v) is 7.02. The summed E-state index contributed by atoms with van der Waals surface area (Å²) in [5.41, 5.74) is 2.26. The number of ketones is 1. The summed E-state index contributed by atoms with van der Waals surface area (Å²) in [6.45, 7) is 12.4. The van der Waals surface area contributed by atoms with E-state index in [1.807, 2.05) is 13.8 Å². The van der Waals surface area contributed by atoms with Crippen molar-refractivity contribution in [3.8, 4) is 0 Å². The van der Waals surface area contributed by atoms with E-state index in [0.717, 1.165) is 0 Å². The molecule has 0 amide bonds. The van der Waals surface area contributed by atoms with Crippen molar-refractivity contribution in [3.63, 3.8) is 0 Å². The molecule has 0 aliphatic rings. The Morgan fingerprint density at radius 2 is 0.844 bits per heavy atom. The molecule has 0 aliphatic heterocycles. The van der Waals surface area contributed by atoms with Crippen LogP contribution in [-0.4, -0.2) is 118 Å². The van der Waals surface area contributed by atoms with Gasteiger partial charge in [0.05, 0.1) is 106 Å². The van der Waals surface area contributed by atoms with E-state index in [1.54, 1.807) is 0 Å². The van der Waals surface area contributed by atoms with Crippen LogP contribution in [0.15, 0.2) is 0 Å². The van der Waals surface area contributed by atoms with E-state index in [4.69, 9.17) is 39.3 Å². The Bertz CT molecular complexity index is 406. The van der Waals surface area contributed by atoms with Gasteiger partial charge in [0.1, 0.15) is 7.20 Å². The van der Waals surface area contributed by atoms with Gasteiger partial charge in [-0.05, 0) is 0 Å². The van der Waals surface area contributed by atoms with Gasteiger partial charge in [-0.3, -0.25) is 4.79 Å². The Balaban J connectivity index is 3.05. The first kappa shape index (κ1) is 29.3. The predicted molar refractivity (Wildman–Crippen MR) is 120 cm³/mol. The minimum absolute atomic E-state index is 0.0650. The summed E-state index contributed by atoms with van der Waals surface area (Å²) in [6.07, 6.45) is 0.458. The minimum atomic E-state index is 0.0650. The van der Waals surface area contributed by atoms with Gasteiger partial charge in [0.15, 0.2) is 0 Å². The van der Waals surface area contributed by atoms with Gasteiger partial charge in [-0.25, -0.2) is 0 Å². The highest BCUT2D eigenvalue weighted by atomic mass is 16.6. The van der Waals surface area contributed by atoms with Crippen molar-refractivity contribution >= 4 is 5.78 Å². The van der Waals surface area contributed by atoms with Gasteiger partial charge in [0.2, 0.25) is 0 Å². The largest absolute Gasteiger partial charge is 0.379 e. The molecule has 0 unspecified atom stereocenters. The number of nitrogens with two attached hydrogens (primary N) is 1. The summed E-state index contributed by atoms with van der Waals surface area (Å²) < 4.78 is 49.7. The highest BCUT2D eigenvalue weighted by molar-refractivity contribution is 5.80. The molecule has 0 aliphatic carbocycles. The fourth-order valence-corrected chi connectivity index (χ4v) is 2.18. The van der Waals surface area contributed by atoms with E-state index in [0.29, 0.717) is 119 Å². The van der Waals surface area contributed by atoms with E-state index in [2.05, 4.69) is 5.73 Å². The lowest BCUT2D eigenvalue weighted by Gasteiger charge is -2.08. The third kappa shape index (κ3) is 25.6. The lowest BCUT2D eigenvalue weighted by molar-refractivity contribution is -0.123. The molecule has 0 aromatic carbocycles. The molecule has 0 aromatic heterocycles. The van der Waals surface area contributed by atoms with E-state index < -0.39 is 0 Å². The maximum Gasteiger partial charge on any atom is 0.137 e. The van der Waals surface area contributed by atoms with Crippen molar-refractivity contribution in [2.45, 2.75) is 20.3 Å². The number of hydrogen-bond acceptors (Lipinski definition) is 10. The van der Waals surface area contributed by atoms with E-state index in [9.17, 15) is 4.79 Å². The summed E-state index contributed by atoms with van der Waals surface area (Å²) in [6, 6.07) is 0. The first-order valence-corrected chi connectivity index (χ1v) is 11.5. The number of Topliss-reactive ketones (excluding diaryl/α,β-unsaturated/α-hetero) is 1. The van der Waals surface area contributed by atoms with Crippen LogP contribution in [0, 0.1) is 5.92 Å². The van der Waals surface area contributed by atoms with Gasteiger partial charge in [-0.2, -0.15) is 0 Å². The van der Waals surface area contributed by atoms with Crippen LogP contribution in [0.3, 0.4) is 0 Å². The Kier molecular flexibility index (Phi) is 24.4. The second-order valence-electron chi connectivity index (χ2n) is 7.02. The van der Waals surface area contributed by atoms with Crippen LogP contribution in [0.25, 0.3) is 0 Å². The standard InChI is InChI=1S/C22H45NO9/c1-21(2)22(24)3-5-25-7-9-27-11-13-29-15-17-31-19-20-32-18-16-30-14-12-28-10-8-26-6-4-23/h21H,3-20,23H2,1-2H3/i/hD. The molecule has 0 rings (SSSR count). The summed E-state index contributed by atoms with van der Waals surface area (Å²) in [4.78, 5) is 11.4. The highest BCUT2D eigenvalue weighted by Gasteiger charge is 2.06. The average Bonchev–Trinajstić information content (AvgIpc) is 2.81. The molecule has 0 saturated carbocycles. The summed E-state index contributed by atoms with van der Waals surface area (Å²) in [5, 5.41) is 0. The molecule has 192 valence electrons. The normalized spacial score (nSPS) is 11.9. The first-order valence-electron chi connectivity index (χ1n) is 12.0. The third-order valence-electron chi connectivity index (χ3n) is 3.99. The lowest BCUT2D eigenvalue weighted by Crippen LogP contribution is -2.15. The number of ether oxygens (including phenoxy) is 8. The minimum Gasteiger partial charge on any atom is -0.379 e. The third-order valence-corrected chi connectivity index (χ3v) is 3.99. The van der Waals surface area contributed by atoms with Crippen molar-refractivity contribution in [1.82, 2.24) is 0 Å². The number of rotatable bonds is 28. The maximum absolute atomic E-state index is 11.4. The Hall–Kier alpha value is -0.690. The molecule has 0 bridgehead atoms. The molecule has 2 N–H and O–H groups in total. The zero-order chi connectivity index (χ0) is 24.2. The first-order chi connectivity index (χ1) is 16.2. The summed E-state index contributed by atoms with van der Waals surface area (Å²) in [7, 11) is 0. The fraction of sp³-hybridized carbons (Fsp3) is 0.955. The zero-order valence-electron chi connectivity index (χ0n) is 21.0. The number of hydrogen-bond donors (Lipinski definition) is 1. The van der Waals surface area contributed by atoms with Gasteiger partial charge in [-0.1, -0.05) is 13.8 Å². The van der Waals surface area contributed by atoms with E-state index in [-0.39, 0.29) is 11.7 Å². The van der Waals surface area contributed by atoms with Crippen LogP contribution < -0.4 is 5.73 Å². The molecule has 0 heterocycles. The van der Waals surface area contributed by atoms with Crippen molar-refractivity contribution < 1.29 is 44.1 Å². The molecule has 10 heteroatoms. The highest BCUT2D eigenvalue weighted by Crippen LogP contribution is 1.98. The fourth-order valence-electron chi connectivity index (χ4n) is 2.18. The van der Waals surface area contributed by atoms with Gasteiger partial charge < -0.3 is 43.6 Å². The average molecular weight is 469 g/mol. The second kappa shape index (κ2) is 26.6. The lowest BCUT2D eigenvalue weighted by atomic mass is 10.1. The summed E-state index contributed by atoms with van der Waals surface area (Å²) in [5.74, 6) is 0.286. The molecule has 0 aromatic rings. The Morgan fingerprint density at radius 3 is 1.12 bits per heavy atom. The molecule has 0 fully saturated rings. The monoisotopic (exact) mass is 468 g/mol. The Morgan fingerprint density at radius 1 is 0.562 bits per heavy atom. The predicted octanol–water partition coefficient (Wildman–Crippen LogP) is 0.693. The van der Waals surface area contributed by atoms with Crippen LogP contribution in [-0.2, 0) is 42.7 Å². The number of carbonyl (C=O) groups is 1. The van der Waals surface area contributed by atoms with Crippen LogP contribution >= 0.6 is 0 Å². The SMILES string of the molecule is [2H]NCCOCCOCCOCCOCCOCCOCCOCCOCCC(=O)C(C)C. The van der Waals surface area contributed by atoms with Gasteiger partial charge in [-0.15, -0.1) is 0 Å². The molecule has 0 radical (unpaired) electrons. The molecule has 32 heavy (non-hydrogen) atoms. The van der Waals surface area contributed by atoms with Crippen molar-refractivity contribution in [2.75, 3.05) is 112 Å². The number of carbonyl (C=O) groups excluding carboxylic acids is 1.